The van der Waals surface area contributed by atoms with Gasteiger partial charge >= 0.3 is 6.03 Å². The standard InChI is InChI=1S/C30H37FN4O3S/c1-21(2)34(22(3)4)19-18-32-29(36)28(20-23-8-6-5-7-9-23)35(39)30(37)33-25-12-16-27(17-13-25)38-26-14-10-24(31)11-15-26/h5-17,21-22,28,39H,18-20H2,1-4H3,(H,32,36)(H,33,37)/t28-/m0/s1. The van der Waals surface area contributed by atoms with E-state index >= 15 is 0 Å². The third kappa shape index (κ3) is 9.30. The number of rotatable bonds is 12. The maximum atomic E-state index is 13.3. The van der Waals surface area contributed by atoms with Crippen molar-refractivity contribution in [2.45, 2.75) is 52.2 Å². The Balaban J connectivity index is 1.65. The summed E-state index contributed by atoms with van der Waals surface area (Å²) in [5, 5.41) is 5.77. The number of benzene rings is 3. The first-order chi connectivity index (χ1) is 18.6. The Morgan fingerprint density at radius 1 is 0.872 bits per heavy atom. The zero-order chi connectivity index (χ0) is 28.4. The van der Waals surface area contributed by atoms with E-state index < -0.39 is 12.1 Å². The number of halogens is 1. The van der Waals surface area contributed by atoms with Gasteiger partial charge in [-0.25, -0.2) is 9.18 Å². The van der Waals surface area contributed by atoms with Gasteiger partial charge in [-0.05, 0) is 81.8 Å². The van der Waals surface area contributed by atoms with Gasteiger partial charge in [-0.15, -0.1) is 0 Å². The molecule has 0 saturated heterocycles. The highest BCUT2D eigenvalue weighted by Crippen LogP contribution is 2.24. The molecule has 0 heterocycles. The average molecular weight is 553 g/mol. The van der Waals surface area contributed by atoms with Crippen molar-refractivity contribution >= 4 is 30.4 Å². The molecule has 39 heavy (non-hydrogen) atoms. The molecule has 0 aliphatic carbocycles. The normalized spacial score (nSPS) is 11.9. The maximum absolute atomic E-state index is 13.3. The number of hydrogen-bond acceptors (Lipinski definition) is 5. The van der Waals surface area contributed by atoms with Gasteiger partial charge in [-0.1, -0.05) is 43.1 Å². The van der Waals surface area contributed by atoms with Crippen LogP contribution in [0.15, 0.2) is 78.9 Å². The lowest BCUT2D eigenvalue weighted by Crippen LogP contribution is -2.50. The Kier molecular flexibility index (Phi) is 11.2. The van der Waals surface area contributed by atoms with Gasteiger partial charge < -0.3 is 15.4 Å². The molecule has 0 aromatic heterocycles. The third-order valence-corrected chi connectivity index (χ3v) is 6.69. The number of nitrogens with zero attached hydrogens (tertiary/aromatic N) is 2. The van der Waals surface area contributed by atoms with Crippen LogP contribution >= 0.6 is 12.8 Å². The number of nitrogens with one attached hydrogen (secondary N) is 2. The van der Waals surface area contributed by atoms with Crippen LogP contribution in [-0.4, -0.2) is 52.4 Å². The molecule has 3 amide bonds. The largest absolute Gasteiger partial charge is 0.457 e. The van der Waals surface area contributed by atoms with Gasteiger partial charge in [0.05, 0.1) is 0 Å². The van der Waals surface area contributed by atoms with E-state index in [1.165, 1.54) is 24.3 Å². The van der Waals surface area contributed by atoms with Crippen LogP contribution in [0.1, 0.15) is 33.3 Å². The molecule has 1 atom stereocenters. The van der Waals surface area contributed by atoms with Crippen molar-refractivity contribution in [3.8, 4) is 11.5 Å². The molecule has 3 aromatic carbocycles. The summed E-state index contributed by atoms with van der Waals surface area (Å²) in [7, 11) is 0. The van der Waals surface area contributed by atoms with Gasteiger partial charge in [-0.3, -0.25) is 14.0 Å². The monoisotopic (exact) mass is 552 g/mol. The molecule has 0 radical (unpaired) electrons. The van der Waals surface area contributed by atoms with E-state index in [1.807, 2.05) is 30.3 Å². The first-order valence-corrected chi connectivity index (χ1v) is 13.4. The van der Waals surface area contributed by atoms with E-state index in [2.05, 4.69) is 56.0 Å². The average Bonchev–Trinajstić information content (AvgIpc) is 2.91. The topological polar surface area (TPSA) is 73.9 Å². The SMILES string of the molecule is CC(C)N(CCNC(=O)[C@H](Cc1ccccc1)N(S)C(=O)Nc1ccc(Oc2ccc(F)cc2)cc1)C(C)C. The Labute approximate surface area is 235 Å². The highest BCUT2D eigenvalue weighted by atomic mass is 32.1. The second-order valence-corrected chi connectivity index (χ2v) is 10.2. The number of carbonyl (C=O) groups excluding carboxylic acids is 2. The lowest BCUT2D eigenvalue weighted by molar-refractivity contribution is -0.124. The minimum atomic E-state index is -0.830. The van der Waals surface area contributed by atoms with Crippen LogP contribution in [0.5, 0.6) is 11.5 Å². The smallest absolute Gasteiger partial charge is 0.332 e. The summed E-state index contributed by atoms with van der Waals surface area (Å²) in [5.41, 5.74) is 1.42. The van der Waals surface area contributed by atoms with Gasteiger partial charge in [0, 0.05) is 37.3 Å². The Hall–Kier alpha value is -3.56. The molecule has 3 rings (SSSR count). The molecule has 0 fully saturated rings. The number of hydrogen-bond donors (Lipinski definition) is 3. The quantitative estimate of drug-likeness (QED) is 0.236. The summed E-state index contributed by atoms with van der Waals surface area (Å²) in [6, 6.07) is 21.3. The molecule has 9 heteroatoms. The zero-order valence-corrected chi connectivity index (χ0v) is 23.7. The second kappa shape index (κ2) is 14.6. The zero-order valence-electron chi connectivity index (χ0n) is 22.8. The molecule has 3 aromatic rings. The lowest BCUT2D eigenvalue weighted by Gasteiger charge is -2.31. The summed E-state index contributed by atoms with van der Waals surface area (Å²) in [5.74, 6) is 0.401. The van der Waals surface area contributed by atoms with Crippen molar-refractivity contribution in [2.24, 2.45) is 0 Å². The summed E-state index contributed by atoms with van der Waals surface area (Å²) >= 11 is 4.44. The van der Waals surface area contributed by atoms with Crippen LogP contribution in [0, 0.1) is 5.82 Å². The predicted molar refractivity (Wildman–Crippen MR) is 157 cm³/mol. The van der Waals surface area contributed by atoms with Gasteiger partial charge in [0.15, 0.2) is 0 Å². The number of amides is 3. The molecule has 0 aliphatic heterocycles. The fourth-order valence-electron chi connectivity index (χ4n) is 4.23. The highest BCUT2D eigenvalue weighted by molar-refractivity contribution is 7.78. The van der Waals surface area contributed by atoms with Crippen LogP contribution in [0.25, 0.3) is 0 Å². The fourth-order valence-corrected chi connectivity index (χ4v) is 4.47. The number of carbonyl (C=O) groups is 2. The second-order valence-electron chi connectivity index (χ2n) is 9.78. The summed E-state index contributed by atoms with van der Waals surface area (Å²) in [6.45, 7) is 9.66. The van der Waals surface area contributed by atoms with E-state index in [0.29, 0.717) is 48.8 Å². The minimum Gasteiger partial charge on any atom is -0.457 e. The van der Waals surface area contributed by atoms with Crippen LogP contribution in [0.4, 0.5) is 14.9 Å². The highest BCUT2D eigenvalue weighted by Gasteiger charge is 2.28. The maximum Gasteiger partial charge on any atom is 0.332 e. The molecule has 7 nitrogen and oxygen atoms in total. The Morgan fingerprint density at radius 2 is 1.44 bits per heavy atom. The fraction of sp³-hybridized carbons (Fsp3) is 0.333. The van der Waals surface area contributed by atoms with Crippen molar-refractivity contribution in [2.75, 3.05) is 18.4 Å². The van der Waals surface area contributed by atoms with E-state index in [4.69, 9.17) is 4.74 Å². The van der Waals surface area contributed by atoms with E-state index in [-0.39, 0.29) is 11.7 Å². The molecular formula is C30H37FN4O3S. The Bertz CT molecular complexity index is 1180. The molecule has 0 bridgehead atoms. The molecule has 208 valence electrons. The van der Waals surface area contributed by atoms with Crippen molar-refractivity contribution in [3.05, 3.63) is 90.2 Å². The van der Waals surface area contributed by atoms with Crippen molar-refractivity contribution < 1.29 is 18.7 Å². The van der Waals surface area contributed by atoms with E-state index in [1.54, 1.807) is 24.3 Å². The van der Waals surface area contributed by atoms with Crippen molar-refractivity contribution in [1.82, 2.24) is 14.5 Å². The minimum absolute atomic E-state index is 0.278. The van der Waals surface area contributed by atoms with Crippen molar-refractivity contribution in [3.63, 3.8) is 0 Å². The number of ether oxygens (including phenoxy) is 1. The summed E-state index contributed by atoms with van der Waals surface area (Å²) < 4.78 is 19.9. The van der Waals surface area contributed by atoms with Gasteiger partial charge in [0.25, 0.3) is 0 Å². The van der Waals surface area contributed by atoms with E-state index in [9.17, 15) is 14.0 Å². The van der Waals surface area contributed by atoms with Crippen LogP contribution in [0.2, 0.25) is 0 Å². The molecule has 0 spiro atoms. The summed E-state index contributed by atoms with van der Waals surface area (Å²) in [4.78, 5) is 28.7. The number of urea groups is 1. The molecule has 2 N–H and O–H groups in total. The van der Waals surface area contributed by atoms with Gasteiger partial charge in [-0.2, -0.15) is 0 Å². The van der Waals surface area contributed by atoms with Crippen LogP contribution in [0.3, 0.4) is 0 Å². The first-order valence-electron chi connectivity index (χ1n) is 13.0. The first kappa shape index (κ1) is 30.0. The molecule has 0 unspecified atom stereocenters. The van der Waals surface area contributed by atoms with Crippen LogP contribution in [-0.2, 0) is 11.2 Å². The predicted octanol–water partition coefficient (Wildman–Crippen LogP) is 6.14. The number of thiol groups is 1. The third-order valence-electron chi connectivity index (χ3n) is 6.23. The Morgan fingerprint density at radius 3 is 2.00 bits per heavy atom. The molecular weight excluding hydrogens is 515 g/mol. The van der Waals surface area contributed by atoms with Crippen molar-refractivity contribution in [1.29, 1.82) is 0 Å². The number of anilines is 1. The summed E-state index contributed by atoms with van der Waals surface area (Å²) in [6.07, 6.45) is 0.312. The molecule has 0 saturated carbocycles. The van der Waals surface area contributed by atoms with Crippen LogP contribution < -0.4 is 15.4 Å². The molecule has 0 aliphatic rings. The van der Waals surface area contributed by atoms with Gasteiger partial charge in [0.1, 0.15) is 23.4 Å². The lowest BCUT2D eigenvalue weighted by atomic mass is 10.1. The van der Waals surface area contributed by atoms with Gasteiger partial charge in [0.2, 0.25) is 5.91 Å². The van der Waals surface area contributed by atoms with E-state index in [0.717, 1.165) is 9.87 Å².